The summed E-state index contributed by atoms with van der Waals surface area (Å²) in [5, 5.41) is 1.10. The van der Waals surface area contributed by atoms with E-state index in [9.17, 15) is 4.79 Å². The Bertz CT molecular complexity index is 1030. The molecule has 0 unspecified atom stereocenters. The van der Waals surface area contributed by atoms with Crippen LogP contribution in [0.1, 0.15) is 29.2 Å². The molecule has 1 amide bonds. The molecule has 6 heteroatoms. The number of benzene rings is 1. The monoisotopic (exact) mass is 437 g/mol. The highest BCUT2D eigenvalue weighted by molar-refractivity contribution is 7.11. The fraction of sp³-hybridized carbons (Fsp3) is 0.440. The second kappa shape index (κ2) is 9.90. The zero-order chi connectivity index (χ0) is 21.8. The van der Waals surface area contributed by atoms with E-state index in [1.165, 1.54) is 9.75 Å². The second-order valence-electron chi connectivity index (χ2n) is 8.71. The van der Waals surface area contributed by atoms with E-state index >= 15 is 0 Å². The Labute approximate surface area is 188 Å². The van der Waals surface area contributed by atoms with Crippen molar-refractivity contribution in [3.05, 3.63) is 64.0 Å². The minimum atomic E-state index is -0.420. The van der Waals surface area contributed by atoms with Crippen molar-refractivity contribution in [3.63, 3.8) is 0 Å². The van der Waals surface area contributed by atoms with E-state index in [0.29, 0.717) is 32.2 Å². The molecule has 1 saturated heterocycles. The highest BCUT2D eigenvalue weighted by Crippen LogP contribution is 2.22. The highest BCUT2D eigenvalue weighted by atomic mass is 32.1. The van der Waals surface area contributed by atoms with Gasteiger partial charge in [0, 0.05) is 54.1 Å². The number of amides is 1. The van der Waals surface area contributed by atoms with Crippen LogP contribution in [0.2, 0.25) is 0 Å². The highest BCUT2D eigenvalue weighted by Gasteiger charge is 2.31. The number of fused-ring (bicyclic) bond motifs is 1. The number of thiophene rings is 1. The average molecular weight is 438 g/mol. The van der Waals surface area contributed by atoms with Crippen molar-refractivity contribution in [1.29, 1.82) is 0 Å². The summed E-state index contributed by atoms with van der Waals surface area (Å²) in [6.45, 7) is 10.6. The maximum Gasteiger partial charge on any atom is 0.253 e. The van der Waals surface area contributed by atoms with Gasteiger partial charge in [0.1, 0.15) is 6.10 Å². The van der Waals surface area contributed by atoms with Gasteiger partial charge in [-0.05, 0) is 36.6 Å². The molecule has 0 bridgehead atoms. The Morgan fingerprint density at radius 1 is 1.26 bits per heavy atom. The molecule has 1 atom stereocenters. The van der Waals surface area contributed by atoms with Gasteiger partial charge < -0.3 is 9.64 Å². The van der Waals surface area contributed by atoms with Crippen molar-refractivity contribution in [2.24, 2.45) is 5.92 Å². The number of aromatic nitrogens is 1. The number of aryl methyl sites for hydroxylation is 1. The van der Waals surface area contributed by atoms with Crippen LogP contribution < -0.4 is 0 Å². The number of carbonyl (C=O) groups is 1. The number of hydrogen-bond acceptors (Lipinski definition) is 5. The molecule has 1 fully saturated rings. The Kier molecular flexibility index (Phi) is 7.00. The molecule has 164 valence electrons. The first-order chi connectivity index (χ1) is 15.0. The maximum absolute atomic E-state index is 13.5. The fourth-order valence-corrected chi connectivity index (χ4v) is 5.10. The van der Waals surface area contributed by atoms with E-state index in [1.54, 1.807) is 0 Å². The minimum Gasteiger partial charge on any atom is -0.366 e. The number of carbonyl (C=O) groups excluding carboxylic acids is 1. The molecule has 0 N–H and O–H groups in total. The summed E-state index contributed by atoms with van der Waals surface area (Å²) in [6, 6.07) is 14.5. The van der Waals surface area contributed by atoms with Gasteiger partial charge >= 0.3 is 0 Å². The van der Waals surface area contributed by atoms with Crippen LogP contribution in [-0.2, 0) is 22.6 Å². The SMILES string of the molecule is Cc1ccc(CN2CCO[C@@H](C(=O)N(Cc3cccc4cccnc34)CC(C)C)C2)s1. The molecule has 0 radical (unpaired) electrons. The first-order valence-corrected chi connectivity index (χ1v) is 11.8. The first-order valence-electron chi connectivity index (χ1n) is 11.0. The number of ether oxygens (including phenoxy) is 1. The first kappa shape index (κ1) is 21.9. The number of morpholine rings is 1. The molecule has 3 heterocycles. The van der Waals surface area contributed by atoms with Gasteiger partial charge in [-0.25, -0.2) is 0 Å². The van der Waals surface area contributed by atoms with Crippen LogP contribution in [0.5, 0.6) is 0 Å². The second-order valence-corrected chi connectivity index (χ2v) is 10.1. The van der Waals surface area contributed by atoms with Crippen LogP contribution in [0.3, 0.4) is 0 Å². The molecule has 31 heavy (non-hydrogen) atoms. The average Bonchev–Trinajstić information content (AvgIpc) is 3.17. The molecular formula is C25H31N3O2S. The Balaban J connectivity index is 1.49. The Morgan fingerprint density at radius 3 is 2.87 bits per heavy atom. The van der Waals surface area contributed by atoms with Crippen molar-refractivity contribution in [2.45, 2.75) is 40.0 Å². The molecule has 2 aromatic heterocycles. The normalized spacial score (nSPS) is 17.4. The van der Waals surface area contributed by atoms with Crippen LogP contribution in [0, 0.1) is 12.8 Å². The largest absolute Gasteiger partial charge is 0.366 e. The Hall–Kier alpha value is -2.28. The van der Waals surface area contributed by atoms with Gasteiger partial charge in [-0.2, -0.15) is 0 Å². The third-order valence-electron chi connectivity index (χ3n) is 5.58. The predicted molar refractivity (Wildman–Crippen MR) is 126 cm³/mol. The fourth-order valence-electron chi connectivity index (χ4n) is 4.16. The van der Waals surface area contributed by atoms with E-state index in [1.807, 2.05) is 34.6 Å². The van der Waals surface area contributed by atoms with Crippen molar-refractivity contribution in [1.82, 2.24) is 14.8 Å². The number of hydrogen-bond donors (Lipinski definition) is 0. The summed E-state index contributed by atoms with van der Waals surface area (Å²) in [6.07, 6.45) is 1.39. The molecule has 1 aliphatic rings. The number of nitrogens with zero attached hydrogens (tertiary/aromatic N) is 3. The molecule has 5 nitrogen and oxygen atoms in total. The molecule has 0 aliphatic carbocycles. The molecule has 0 spiro atoms. The topological polar surface area (TPSA) is 45.7 Å². The van der Waals surface area contributed by atoms with Gasteiger partial charge in [-0.3, -0.25) is 14.7 Å². The number of para-hydroxylation sites is 1. The van der Waals surface area contributed by atoms with E-state index < -0.39 is 6.10 Å². The summed E-state index contributed by atoms with van der Waals surface area (Å²) in [5.41, 5.74) is 2.04. The van der Waals surface area contributed by atoms with Crippen LogP contribution in [0.15, 0.2) is 48.7 Å². The predicted octanol–water partition coefficient (Wildman–Crippen LogP) is 4.49. The quantitative estimate of drug-likeness (QED) is 0.546. The smallest absolute Gasteiger partial charge is 0.253 e. The molecule has 3 aromatic rings. The zero-order valence-corrected chi connectivity index (χ0v) is 19.4. The lowest BCUT2D eigenvalue weighted by atomic mass is 10.1. The van der Waals surface area contributed by atoms with E-state index in [4.69, 9.17) is 4.74 Å². The van der Waals surface area contributed by atoms with Gasteiger partial charge in [0.25, 0.3) is 5.91 Å². The van der Waals surface area contributed by atoms with E-state index in [2.05, 4.69) is 61.0 Å². The summed E-state index contributed by atoms with van der Waals surface area (Å²) >= 11 is 1.82. The summed E-state index contributed by atoms with van der Waals surface area (Å²) < 4.78 is 5.96. The summed E-state index contributed by atoms with van der Waals surface area (Å²) in [4.78, 5) is 25.1. The molecule has 1 aromatic carbocycles. The summed E-state index contributed by atoms with van der Waals surface area (Å²) in [7, 11) is 0. The maximum atomic E-state index is 13.5. The zero-order valence-electron chi connectivity index (χ0n) is 18.6. The standard InChI is InChI=1S/C25H31N3O2S/c1-18(2)14-28(15-21-7-4-6-20-8-5-11-26-24(20)21)25(29)23-17-27(12-13-30-23)16-22-10-9-19(3)31-22/h4-11,18,23H,12-17H2,1-3H3/t23-/m1/s1. The lowest BCUT2D eigenvalue weighted by molar-refractivity contribution is -0.151. The number of pyridine rings is 1. The van der Waals surface area contributed by atoms with Gasteiger partial charge in [0.2, 0.25) is 0 Å². The minimum absolute atomic E-state index is 0.0775. The van der Waals surface area contributed by atoms with Crippen LogP contribution in [-0.4, -0.2) is 53.0 Å². The lowest BCUT2D eigenvalue weighted by Gasteiger charge is -2.35. The van der Waals surface area contributed by atoms with Crippen LogP contribution in [0.25, 0.3) is 10.9 Å². The summed E-state index contributed by atoms with van der Waals surface area (Å²) in [5.74, 6) is 0.453. The molecule has 0 saturated carbocycles. The van der Waals surface area contributed by atoms with E-state index in [0.717, 1.165) is 29.6 Å². The van der Waals surface area contributed by atoms with Gasteiger partial charge in [0.05, 0.1) is 12.1 Å². The van der Waals surface area contributed by atoms with Crippen molar-refractivity contribution >= 4 is 28.1 Å². The molecule has 4 rings (SSSR count). The third kappa shape index (κ3) is 5.50. The van der Waals surface area contributed by atoms with Crippen molar-refractivity contribution in [2.75, 3.05) is 26.2 Å². The Morgan fingerprint density at radius 2 is 2.10 bits per heavy atom. The van der Waals surface area contributed by atoms with Crippen molar-refractivity contribution in [3.8, 4) is 0 Å². The van der Waals surface area contributed by atoms with Gasteiger partial charge in [0.15, 0.2) is 0 Å². The number of rotatable bonds is 7. The van der Waals surface area contributed by atoms with Gasteiger partial charge in [-0.1, -0.05) is 38.1 Å². The van der Waals surface area contributed by atoms with Crippen LogP contribution in [0.4, 0.5) is 0 Å². The van der Waals surface area contributed by atoms with Gasteiger partial charge in [-0.15, -0.1) is 11.3 Å². The third-order valence-corrected chi connectivity index (χ3v) is 6.56. The molecular weight excluding hydrogens is 406 g/mol. The lowest BCUT2D eigenvalue weighted by Crippen LogP contribution is -2.51. The van der Waals surface area contributed by atoms with Crippen LogP contribution >= 0.6 is 11.3 Å². The van der Waals surface area contributed by atoms with E-state index in [-0.39, 0.29) is 5.91 Å². The van der Waals surface area contributed by atoms with Crippen molar-refractivity contribution < 1.29 is 9.53 Å². The molecule has 1 aliphatic heterocycles.